The van der Waals surface area contributed by atoms with Crippen molar-refractivity contribution in [2.75, 3.05) is 19.0 Å². The molecule has 0 aliphatic carbocycles. The van der Waals surface area contributed by atoms with Gasteiger partial charge in [0.05, 0.1) is 17.3 Å². The van der Waals surface area contributed by atoms with Crippen LogP contribution in [0.3, 0.4) is 0 Å². The van der Waals surface area contributed by atoms with Crippen LogP contribution in [0, 0.1) is 0 Å². The summed E-state index contributed by atoms with van der Waals surface area (Å²) >= 11 is 0. The van der Waals surface area contributed by atoms with Crippen molar-refractivity contribution in [3.05, 3.63) is 90.0 Å². The molecule has 1 aliphatic heterocycles. The number of benzene rings is 3. The second kappa shape index (κ2) is 7.63. The van der Waals surface area contributed by atoms with Gasteiger partial charge in [0, 0.05) is 26.2 Å². The second-order valence-corrected chi connectivity index (χ2v) is 7.78. The molecule has 2 heterocycles. The Labute approximate surface area is 176 Å². The van der Waals surface area contributed by atoms with Gasteiger partial charge in [-0.15, -0.1) is 5.10 Å². The maximum Gasteiger partial charge on any atom is 0.131 e. The van der Waals surface area contributed by atoms with Crippen LogP contribution >= 0.6 is 0 Å². The first kappa shape index (κ1) is 18.4. The van der Waals surface area contributed by atoms with Gasteiger partial charge in [-0.2, -0.15) is 5.10 Å². The quantitative estimate of drug-likeness (QED) is 0.504. The highest BCUT2D eigenvalue weighted by Gasteiger charge is 2.29. The molecule has 6 heteroatoms. The maximum atomic E-state index is 5.01. The molecule has 0 amide bonds. The Hall–Kier alpha value is -3.67. The van der Waals surface area contributed by atoms with Crippen LogP contribution in [0.1, 0.15) is 23.6 Å². The van der Waals surface area contributed by atoms with Gasteiger partial charge in [-0.3, -0.25) is 5.01 Å². The predicted octanol–water partition coefficient (Wildman–Crippen LogP) is 4.31. The van der Waals surface area contributed by atoms with Crippen LogP contribution in [-0.2, 0) is 6.67 Å². The van der Waals surface area contributed by atoms with Gasteiger partial charge >= 0.3 is 0 Å². The number of nitrogens with zero attached hydrogens (tertiary/aromatic N) is 6. The third-order valence-electron chi connectivity index (χ3n) is 5.60. The molecule has 1 aromatic heterocycles. The standard InChI is InChI=1S/C24H24N6/c1-28(2)20-14-12-19(13-15-20)24-16-22(18-8-4-3-5-9-18)26-29(24)17-30-23-11-7-6-10-21(23)25-27-30/h3-15,24H,16-17H2,1-2H3/t24-/m1/s1. The molecule has 150 valence electrons. The number of rotatable bonds is 5. The monoisotopic (exact) mass is 396 g/mol. The fraction of sp³-hybridized carbons (Fsp3) is 0.208. The molecule has 5 rings (SSSR count). The van der Waals surface area contributed by atoms with E-state index in [4.69, 9.17) is 5.10 Å². The molecular weight excluding hydrogens is 372 g/mol. The van der Waals surface area contributed by atoms with Gasteiger partial charge in [-0.05, 0) is 35.4 Å². The molecule has 0 unspecified atom stereocenters. The van der Waals surface area contributed by atoms with E-state index in [1.165, 1.54) is 16.8 Å². The van der Waals surface area contributed by atoms with Crippen molar-refractivity contribution >= 4 is 22.4 Å². The number of hydrogen-bond donors (Lipinski definition) is 0. The van der Waals surface area contributed by atoms with Gasteiger partial charge in [-0.25, -0.2) is 4.68 Å². The summed E-state index contributed by atoms with van der Waals surface area (Å²) in [5.74, 6) is 0. The fourth-order valence-electron chi connectivity index (χ4n) is 3.93. The first-order chi connectivity index (χ1) is 14.7. The first-order valence-electron chi connectivity index (χ1n) is 10.1. The van der Waals surface area contributed by atoms with Crippen LogP contribution in [0.25, 0.3) is 11.0 Å². The molecule has 0 saturated heterocycles. The molecule has 1 aliphatic rings. The SMILES string of the molecule is CN(C)c1ccc([C@H]2CC(c3ccccc3)=NN2Cn2nnc3ccccc32)cc1. The summed E-state index contributed by atoms with van der Waals surface area (Å²) in [6.07, 6.45) is 0.859. The number of fused-ring (bicyclic) bond motifs is 1. The molecule has 6 nitrogen and oxygen atoms in total. The minimum absolute atomic E-state index is 0.152. The summed E-state index contributed by atoms with van der Waals surface area (Å²) in [4.78, 5) is 2.11. The van der Waals surface area contributed by atoms with Crippen molar-refractivity contribution in [1.29, 1.82) is 0 Å². The molecule has 0 N–H and O–H groups in total. The molecule has 0 fully saturated rings. The van der Waals surface area contributed by atoms with Crippen molar-refractivity contribution in [2.24, 2.45) is 5.10 Å². The Morgan fingerprint density at radius 2 is 1.63 bits per heavy atom. The van der Waals surface area contributed by atoms with E-state index >= 15 is 0 Å². The zero-order chi connectivity index (χ0) is 20.5. The average molecular weight is 396 g/mol. The number of hydrazone groups is 1. The lowest BCUT2D eigenvalue weighted by Crippen LogP contribution is -2.23. The summed E-state index contributed by atoms with van der Waals surface area (Å²) in [5.41, 5.74) is 6.62. The van der Waals surface area contributed by atoms with Crippen LogP contribution in [0.4, 0.5) is 5.69 Å². The van der Waals surface area contributed by atoms with Crippen LogP contribution in [0.2, 0.25) is 0 Å². The van der Waals surface area contributed by atoms with Crippen LogP contribution in [0.5, 0.6) is 0 Å². The van der Waals surface area contributed by atoms with Crippen LogP contribution in [0.15, 0.2) is 84.0 Å². The third kappa shape index (κ3) is 3.41. The van der Waals surface area contributed by atoms with E-state index in [0.29, 0.717) is 6.67 Å². The van der Waals surface area contributed by atoms with Gasteiger partial charge in [-0.1, -0.05) is 59.8 Å². The average Bonchev–Trinajstić information content (AvgIpc) is 3.39. The Bertz CT molecular complexity index is 1180. The Morgan fingerprint density at radius 1 is 0.900 bits per heavy atom. The Balaban J connectivity index is 1.50. The predicted molar refractivity (Wildman–Crippen MR) is 120 cm³/mol. The van der Waals surface area contributed by atoms with E-state index < -0.39 is 0 Å². The molecular formula is C24H24N6. The van der Waals surface area contributed by atoms with Crippen LogP contribution < -0.4 is 4.90 Å². The van der Waals surface area contributed by atoms with E-state index in [0.717, 1.165) is 23.2 Å². The zero-order valence-electron chi connectivity index (χ0n) is 17.2. The minimum Gasteiger partial charge on any atom is -0.378 e. The van der Waals surface area contributed by atoms with Gasteiger partial charge in [0.2, 0.25) is 0 Å². The van der Waals surface area contributed by atoms with E-state index in [9.17, 15) is 0 Å². The largest absolute Gasteiger partial charge is 0.378 e. The number of hydrogen-bond acceptors (Lipinski definition) is 5. The minimum atomic E-state index is 0.152. The zero-order valence-corrected chi connectivity index (χ0v) is 17.2. The van der Waals surface area contributed by atoms with Crippen molar-refractivity contribution in [3.8, 4) is 0 Å². The lowest BCUT2D eigenvalue weighted by Gasteiger charge is -2.24. The van der Waals surface area contributed by atoms with E-state index in [-0.39, 0.29) is 6.04 Å². The molecule has 30 heavy (non-hydrogen) atoms. The Morgan fingerprint density at radius 3 is 2.40 bits per heavy atom. The van der Waals surface area contributed by atoms with Gasteiger partial charge in [0.15, 0.2) is 0 Å². The highest BCUT2D eigenvalue weighted by molar-refractivity contribution is 6.01. The van der Waals surface area contributed by atoms with E-state index in [1.54, 1.807) is 0 Å². The maximum absolute atomic E-state index is 5.01. The molecule has 0 saturated carbocycles. The molecule has 0 spiro atoms. The molecule has 0 radical (unpaired) electrons. The number of para-hydroxylation sites is 1. The highest BCUT2D eigenvalue weighted by atomic mass is 15.6. The summed E-state index contributed by atoms with van der Waals surface area (Å²) in [6, 6.07) is 27.3. The molecule has 1 atom stereocenters. The summed E-state index contributed by atoms with van der Waals surface area (Å²) in [5, 5.41) is 15.8. The van der Waals surface area contributed by atoms with E-state index in [1.807, 2.05) is 35.0 Å². The molecule has 4 aromatic rings. The van der Waals surface area contributed by atoms with Crippen molar-refractivity contribution in [3.63, 3.8) is 0 Å². The fourth-order valence-corrected chi connectivity index (χ4v) is 3.93. The smallest absolute Gasteiger partial charge is 0.131 e. The number of anilines is 1. The summed E-state index contributed by atoms with van der Waals surface area (Å²) in [7, 11) is 4.12. The highest BCUT2D eigenvalue weighted by Crippen LogP contribution is 2.34. The number of aromatic nitrogens is 3. The first-order valence-corrected chi connectivity index (χ1v) is 10.1. The summed E-state index contributed by atoms with van der Waals surface area (Å²) < 4.78 is 1.92. The van der Waals surface area contributed by atoms with Crippen molar-refractivity contribution < 1.29 is 0 Å². The lowest BCUT2D eigenvalue weighted by molar-refractivity contribution is 0.173. The topological polar surface area (TPSA) is 49.5 Å². The summed E-state index contributed by atoms with van der Waals surface area (Å²) in [6.45, 7) is 0.553. The molecule has 0 bridgehead atoms. The van der Waals surface area contributed by atoms with Gasteiger partial charge in [0.25, 0.3) is 0 Å². The van der Waals surface area contributed by atoms with Crippen LogP contribution in [-0.4, -0.2) is 39.8 Å². The lowest BCUT2D eigenvalue weighted by atomic mass is 9.98. The second-order valence-electron chi connectivity index (χ2n) is 7.78. The molecule has 3 aromatic carbocycles. The normalized spacial score (nSPS) is 16.1. The third-order valence-corrected chi connectivity index (χ3v) is 5.60. The van der Waals surface area contributed by atoms with E-state index in [2.05, 4.69) is 82.8 Å². The van der Waals surface area contributed by atoms with Gasteiger partial charge < -0.3 is 4.90 Å². The Kier molecular flexibility index (Phi) is 4.67. The van der Waals surface area contributed by atoms with Crippen molar-refractivity contribution in [1.82, 2.24) is 20.0 Å². The van der Waals surface area contributed by atoms with Crippen molar-refractivity contribution in [2.45, 2.75) is 19.1 Å². The van der Waals surface area contributed by atoms with Gasteiger partial charge in [0.1, 0.15) is 12.2 Å².